The molecule has 2 fully saturated rings. The number of nitrogens with one attached hydrogen (secondary N) is 2. The number of hydrogen-bond donors (Lipinski definition) is 3. The van der Waals surface area contributed by atoms with Gasteiger partial charge in [0.15, 0.2) is 0 Å². The molecule has 4 atom stereocenters. The lowest BCUT2D eigenvalue weighted by molar-refractivity contribution is -0.120. The highest BCUT2D eigenvalue weighted by Crippen LogP contribution is 2.37. The van der Waals surface area contributed by atoms with Crippen molar-refractivity contribution < 1.29 is 9.90 Å². The first kappa shape index (κ1) is 18.5. The van der Waals surface area contributed by atoms with Crippen molar-refractivity contribution in [3.8, 4) is 0 Å². The number of carbonyl (C=O) groups excluding carboxylic acids is 1. The summed E-state index contributed by atoms with van der Waals surface area (Å²) < 4.78 is 0. The Labute approximate surface area is 163 Å². The van der Waals surface area contributed by atoms with Crippen molar-refractivity contribution in [2.45, 2.75) is 36.4 Å². The normalized spacial score (nSPS) is 28.0. The van der Waals surface area contributed by atoms with E-state index in [1.165, 1.54) is 11.8 Å². The first-order valence-electron chi connectivity index (χ1n) is 9.52. The van der Waals surface area contributed by atoms with E-state index in [2.05, 4.69) is 20.2 Å². The van der Waals surface area contributed by atoms with E-state index < -0.39 is 6.10 Å². The molecule has 1 aromatic carbocycles. The van der Waals surface area contributed by atoms with Crippen molar-refractivity contribution in [2.75, 3.05) is 18.8 Å². The summed E-state index contributed by atoms with van der Waals surface area (Å²) in [5.41, 5.74) is 1.12. The molecule has 0 spiro atoms. The molecule has 1 saturated carbocycles. The molecule has 1 aromatic heterocycles. The largest absolute Gasteiger partial charge is 0.391 e. The second-order valence-electron chi connectivity index (χ2n) is 7.61. The number of aliphatic hydroxyl groups excluding tert-OH is 1. The molecule has 1 aliphatic carbocycles. The summed E-state index contributed by atoms with van der Waals surface area (Å²) in [6.45, 7) is 2.89. The number of aromatic amines is 1. The zero-order valence-electron chi connectivity index (χ0n) is 15.3. The first-order valence-corrected chi connectivity index (χ1v) is 10.5. The van der Waals surface area contributed by atoms with Gasteiger partial charge in [-0.25, -0.2) is 4.98 Å². The summed E-state index contributed by atoms with van der Waals surface area (Å²) in [4.78, 5) is 23.1. The van der Waals surface area contributed by atoms with Gasteiger partial charge in [0.1, 0.15) is 0 Å². The fraction of sp³-hybridized carbons (Fsp3) is 0.500. The lowest BCUT2D eigenvalue weighted by atomic mass is 9.77. The SMILES string of the molecule is O=C(CSc1ccccc1)N[C@H]1C[C@H]2CN(Cc3cnc[nH]3)C[C@H]2C[C@@H]1O. The van der Waals surface area contributed by atoms with Gasteiger partial charge in [-0.15, -0.1) is 11.8 Å². The fourth-order valence-electron chi connectivity index (χ4n) is 4.34. The van der Waals surface area contributed by atoms with Crippen LogP contribution in [0.3, 0.4) is 0 Å². The van der Waals surface area contributed by atoms with Gasteiger partial charge in [0, 0.05) is 36.4 Å². The third-order valence-corrected chi connectivity index (χ3v) is 6.64. The number of carbonyl (C=O) groups is 1. The van der Waals surface area contributed by atoms with Gasteiger partial charge >= 0.3 is 0 Å². The highest BCUT2D eigenvalue weighted by Gasteiger charge is 2.42. The summed E-state index contributed by atoms with van der Waals surface area (Å²) in [5.74, 6) is 1.42. The molecule has 4 rings (SSSR count). The number of nitrogens with zero attached hydrogens (tertiary/aromatic N) is 2. The molecular formula is C20H26N4O2S. The van der Waals surface area contributed by atoms with Gasteiger partial charge in [0.25, 0.3) is 0 Å². The smallest absolute Gasteiger partial charge is 0.230 e. The van der Waals surface area contributed by atoms with Crippen molar-refractivity contribution in [1.82, 2.24) is 20.2 Å². The van der Waals surface area contributed by atoms with E-state index in [0.29, 0.717) is 17.6 Å². The van der Waals surface area contributed by atoms with Crippen LogP contribution in [0.5, 0.6) is 0 Å². The monoisotopic (exact) mass is 386 g/mol. The van der Waals surface area contributed by atoms with Crippen LogP contribution in [0.25, 0.3) is 0 Å². The second-order valence-corrected chi connectivity index (χ2v) is 8.65. The van der Waals surface area contributed by atoms with E-state index in [1.54, 1.807) is 6.33 Å². The molecule has 0 radical (unpaired) electrons. The molecule has 1 saturated heterocycles. The predicted molar refractivity (Wildman–Crippen MR) is 105 cm³/mol. The predicted octanol–water partition coefficient (Wildman–Crippen LogP) is 1.89. The van der Waals surface area contributed by atoms with Gasteiger partial charge in [0.2, 0.25) is 5.91 Å². The van der Waals surface area contributed by atoms with E-state index in [0.717, 1.165) is 43.1 Å². The molecule has 1 aliphatic heterocycles. The summed E-state index contributed by atoms with van der Waals surface area (Å²) in [5, 5.41) is 13.6. The molecule has 27 heavy (non-hydrogen) atoms. The number of rotatable bonds is 6. The van der Waals surface area contributed by atoms with Crippen molar-refractivity contribution in [3.63, 3.8) is 0 Å². The van der Waals surface area contributed by atoms with Crippen molar-refractivity contribution in [3.05, 3.63) is 48.5 Å². The summed E-state index contributed by atoms with van der Waals surface area (Å²) in [7, 11) is 0. The number of imidazole rings is 1. The average Bonchev–Trinajstić information content (AvgIpc) is 3.31. The molecule has 2 aliphatic rings. The van der Waals surface area contributed by atoms with Crippen LogP contribution in [0.15, 0.2) is 47.8 Å². The molecule has 0 bridgehead atoms. The summed E-state index contributed by atoms with van der Waals surface area (Å²) in [6.07, 6.45) is 4.74. The Hall–Kier alpha value is -1.83. The van der Waals surface area contributed by atoms with Crippen molar-refractivity contribution in [2.24, 2.45) is 11.8 Å². The maximum absolute atomic E-state index is 12.3. The number of hydrogen-bond acceptors (Lipinski definition) is 5. The number of aliphatic hydroxyl groups is 1. The number of benzene rings is 1. The third-order valence-electron chi connectivity index (χ3n) is 5.63. The zero-order valence-corrected chi connectivity index (χ0v) is 16.1. The number of likely N-dealkylation sites (tertiary alicyclic amines) is 1. The maximum atomic E-state index is 12.3. The van der Waals surface area contributed by atoms with Crippen LogP contribution in [-0.4, -0.2) is 56.9 Å². The lowest BCUT2D eigenvalue weighted by Gasteiger charge is -2.35. The minimum Gasteiger partial charge on any atom is -0.391 e. The average molecular weight is 387 g/mol. The molecule has 144 valence electrons. The minimum absolute atomic E-state index is 0.00124. The second kappa shape index (κ2) is 8.46. The summed E-state index contributed by atoms with van der Waals surface area (Å²) >= 11 is 1.53. The lowest BCUT2D eigenvalue weighted by Crippen LogP contribution is -2.49. The molecule has 6 nitrogen and oxygen atoms in total. The van der Waals surface area contributed by atoms with Gasteiger partial charge in [-0.1, -0.05) is 18.2 Å². The Morgan fingerprint density at radius 3 is 2.78 bits per heavy atom. The molecule has 1 amide bonds. The quantitative estimate of drug-likeness (QED) is 0.661. The highest BCUT2D eigenvalue weighted by atomic mass is 32.2. The van der Waals surface area contributed by atoms with E-state index in [-0.39, 0.29) is 11.9 Å². The molecule has 0 unspecified atom stereocenters. The number of aromatic nitrogens is 2. The van der Waals surface area contributed by atoms with Crippen LogP contribution in [-0.2, 0) is 11.3 Å². The topological polar surface area (TPSA) is 81.2 Å². The van der Waals surface area contributed by atoms with Gasteiger partial charge in [0.05, 0.1) is 24.2 Å². The van der Waals surface area contributed by atoms with E-state index in [9.17, 15) is 9.90 Å². The van der Waals surface area contributed by atoms with Crippen LogP contribution in [0.2, 0.25) is 0 Å². The maximum Gasteiger partial charge on any atom is 0.230 e. The first-order chi connectivity index (χ1) is 13.2. The Kier molecular flexibility index (Phi) is 5.80. The molecular weight excluding hydrogens is 360 g/mol. The zero-order chi connectivity index (χ0) is 18.6. The van der Waals surface area contributed by atoms with Gasteiger partial charge in [-0.2, -0.15) is 0 Å². The van der Waals surface area contributed by atoms with Crippen LogP contribution < -0.4 is 5.32 Å². The summed E-state index contributed by atoms with van der Waals surface area (Å²) in [6, 6.07) is 9.79. The van der Waals surface area contributed by atoms with Crippen LogP contribution in [0, 0.1) is 11.8 Å². The van der Waals surface area contributed by atoms with Crippen molar-refractivity contribution in [1.29, 1.82) is 0 Å². The Morgan fingerprint density at radius 1 is 1.26 bits per heavy atom. The third kappa shape index (κ3) is 4.72. The standard InChI is InChI=1S/C20H26N4O2S/c25-19-7-15-10-24(11-16-8-21-13-22-16)9-14(15)6-18(19)23-20(26)12-27-17-4-2-1-3-5-17/h1-5,8,13-15,18-19,25H,6-7,9-12H2,(H,21,22)(H,23,26)/t14-,15+,18-,19-/m0/s1. The van der Waals surface area contributed by atoms with E-state index in [1.807, 2.05) is 36.5 Å². The molecule has 2 aromatic rings. The Balaban J connectivity index is 1.27. The molecule has 2 heterocycles. The van der Waals surface area contributed by atoms with Crippen molar-refractivity contribution >= 4 is 17.7 Å². The highest BCUT2D eigenvalue weighted by molar-refractivity contribution is 8.00. The van der Waals surface area contributed by atoms with Gasteiger partial charge in [-0.3, -0.25) is 9.69 Å². The van der Waals surface area contributed by atoms with Crippen LogP contribution >= 0.6 is 11.8 Å². The Morgan fingerprint density at radius 2 is 2.04 bits per heavy atom. The number of thioether (sulfide) groups is 1. The van der Waals surface area contributed by atoms with E-state index in [4.69, 9.17) is 0 Å². The van der Waals surface area contributed by atoms with E-state index >= 15 is 0 Å². The Bertz CT molecular complexity index is 740. The molecule has 3 N–H and O–H groups in total. The fourth-order valence-corrected chi connectivity index (χ4v) is 5.07. The molecule has 7 heteroatoms. The number of amides is 1. The van der Waals surface area contributed by atoms with Crippen LogP contribution in [0.4, 0.5) is 0 Å². The van der Waals surface area contributed by atoms with Gasteiger partial charge < -0.3 is 15.4 Å². The van der Waals surface area contributed by atoms with Crippen LogP contribution in [0.1, 0.15) is 18.5 Å². The number of fused-ring (bicyclic) bond motifs is 1. The number of H-pyrrole nitrogens is 1. The van der Waals surface area contributed by atoms with Gasteiger partial charge in [-0.05, 0) is 36.8 Å². The minimum atomic E-state index is -0.455.